The summed E-state index contributed by atoms with van der Waals surface area (Å²) < 4.78 is 78.8. The number of hydrogen-bond donors (Lipinski definition) is 2. The molecule has 9 heteroatoms. The lowest BCUT2D eigenvalue weighted by atomic mass is 9.84. The second-order valence-electron chi connectivity index (χ2n) is 6.92. The van der Waals surface area contributed by atoms with E-state index in [1.165, 1.54) is 6.92 Å². The van der Waals surface area contributed by atoms with Crippen molar-refractivity contribution in [2.24, 2.45) is 11.7 Å². The Labute approximate surface area is 153 Å². The first kappa shape index (κ1) is 23.3. The summed E-state index contributed by atoms with van der Waals surface area (Å²) >= 11 is 0. The monoisotopic (exact) mass is 399 g/mol. The average molecular weight is 399 g/mol. The van der Waals surface area contributed by atoms with Gasteiger partial charge in [-0.3, -0.25) is 4.79 Å². The Morgan fingerprint density at radius 1 is 1.11 bits per heavy atom. The Kier molecular flexibility index (Phi) is 7.32. The van der Waals surface area contributed by atoms with Crippen molar-refractivity contribution < 1.29 is 36.2 Å². The second-order valence-corrected chi connectivity index (χ2v) is 6.92. The molecule has 27 heavy (non-hydrogen) atoms. The molecule has 1 rings (SSSR count). The number of carboxylic acid groups (broad SMARTS) is 1. The molecule has 0 saturated heterocycles. The maximum absolute atomic E-state index is 13.1. The molecule has 154 valence electrons. The zero-order chi connectivity index (χ0) is 21.0. The van der Waals surface area contributed by atoms with Crippen molar-refractivity contribution in [1.29, 1.82) is 0 Å². The molecule has 0 aliphatic carbocycles. The van der Waals surface area contributed by atoms with Crippen LogP contribution in [-0.4, -0.2) is 16.6 Å². The molecular weight excluding hydrogens is 376 g/mol. The summed E-state index contributed by atoms with van der Waals surface area (Å²) in [5.41, 5.74) is 0.825. The van der Waals surface area contributed by atoms with Crippen LogP contribution in [0.25, 0.3) is 0 Å². The van der Waals surface area contributed by atoms with Gasteiger partial charge in [-0.25, -0.2) is 0 Å². The fraction of sp³-hybridized carbons (Fsp3) is 0.611. The topological polar surface area (TPSA) is 63.3 Å². The van der Waals surface area contributed by atoms with E-state index in [0.717, 1.165) is 6.07 Å². The largest absolute Gasteiger partial charge is 0.480 e. The van der Waals surface area contributed by atoms with Crippen molar-refractivity contribution in [2.45, 2.75) is 63.8 Å². The van der Waals surface area contributed by atoms with Gasteiger partial charge in [0.25, 0.3) is 0 Å². The molecule has 3 N–H and O–H groups in total. The minimum Gasteiger partial charge on any atom is -0.480 e. The first-order valence-corrected chi connectivity index (χ1v) is 8.48. The Morgan fingerprint density at radius 3 is 1.96 bits per heavy atom. The number of aliphatic carboxylic acids is 1. The summed E-state index contributed by atoms with van der Waals surface area (Å²) in [5, 5.41) is 9.07. The van der Waals surface area contributed by atoms with Gasteiger partial charge in [-0.2, -0.15) is 26.3 Å². The van der Waals surface area contributed by atoms with E-state index >= 15 is 0 Å². The van der Waals surface area contributed by atoms with Gasteiger partial charge in [0.1, 0.15) is 5.54 Å². The third-order valence-electron chi connectivity index (χ3n) is 4.60. The van der Waals surface area contributed by atoms with Crippen molar-refractivity contribution in [3.8, 4) is 0 Å². The van der Waals surface area contributed by atoms with E-state index in [4.69, 9.17) is 10.8 Å². The Hall–Kier alpha value is -1.77. The number of nitrogens with two attached hydrogens (primary N) is 1. The first-order chi connectivity index (χ1) is 12.2. The third-order valence-corrected chi connectivity index (χ3v) is 4.60. The molecule has 2 atom stereocenters. The second kappa shape index (κ2) is 8.50. The lowest BCUT2D eigenvalue weighted by Gasteiger charge is -2.25. The van der Waals surface area contributed by atoms with Crippen LogP contribution in [0.2, 0.25) is 0 Å². The average Bonchev–Trinajstić information content (AvgIpc) is 2.51. The van der Waals surface area contributed by atoms with Crippen molar-refractivity contribution in [1.82, 2.24) is 0 Å². The molecule has 0 aliphatic heterocycles. The Balaban J connectivity index is 3.00. The van der Waals surface area contributed by atoms with Gasteiger partial charge in [-0.05, 0) is 49.8 Å². The highest BCUT2D eigenvalue weighted by molar-refractivity contribution is 5.77. The highest BCUT2D eigenvalue weighted by atomic mass is 19.4. The molecule has 0 spiro atoms. The summed E-state index contributed by atoms with van der Waals surface area (Å²) in [6.45, 7) is 3.10. The summed E-state index contributed by atoms with van der Waals surface area (Å²) in [7, 11) is 0. The summed E-state index contributed by atoms with van der Waals surface area (Å²) in [4.78, 5) is 11.1. The maximum atomic E-state index is 13.1. The lowest BCUT2D eigenvalue weighted by molar-refractivity contribution is -0.145. The smallest absolute Gasteiger partial charge is 0.416 e. The van der Waals surface area contributed by atoms with Crippen molar-refractivity contribution in [3.63, 3.8) is 0 Å². The zero-order valence-electron chi connectivity index (χ0n) is 15.0. The van der Waals surface area contributed by atoms with Gasteiger partial charge in [0.15, 0.2) is 0 Å². The fourth-order valence-electron chi connectivity index (χ4n) is 3.09. The van der Waals surface area contributed by atoms with Gasteiger partial charge in [0.2, 0.25) is 0 Å². The molecule has 1 aromatic rings. The third kappa shape index (κ3) is 6.41. The van der Waals surface area contributed by atoms with Gasteiger partial charge in [0.05, 0.1) is 11.1 Å². The number of hydrogen-bond acceptors (Lipinski definition) is 2. The number of halogens is 6. The number of carbonyl (C=O) groups is 1. The molecule has 3 nitrogen and oxygen atoms in total. The predicted molar refractivity (Wildman–Crippen MR) is 88.0 cm³/mol. The molecule has 0 saturated carbocycles. The molecule has 0 radical (unpaired) electrons. The van der Waals surface area contributed by atoms with Gasteiger partial charge in [-0.15, -0.1) is 0 Å². The Bertz CT molecular complexity index is 620. The molecule has 2 unspecified atom stereocenters. The van der Waals surface area contributed by atoms with E-state index in [1.54, 1.807) is 6.92 Å². The lowest BCUT2D eigenvalue weighted by Crippen LogP contribution is -2.46. The number of rotatable bonds is 8. The van der Waals surface area contributed by atoms with E-state index in [1.807, 2.05) is 0 Å². The first-order valence-electron chi connectivity index (χ1n) is 8.48. The molecular formula is C18H23F6NO2. The maximum Gasteiger partial charge on any atom is 0.416 e. The molecule has 0 aliphatic rings. The van der Waals surface area contributed by atoms with Gasteiger partial charge >= 0.3 is 18.3 Å². The minimum absolute atomic E-state index is 0.0599. The molecule has 0 amide bonds. The van der Waals surface area contributed by atoms with E-state index in [2.05, 4.69) is 0 Å². The molecule has 0 heterocycles. The number of carboxylic acids is 1. The van der Waals surface area contributed by atoms with Crippen LogP contribution >= 0.6 is 0 Å². The van der Waals surface area contributed by atoms with Gasteiger partial charge < -0.3 is 10.8 Å². The molecule has 0 bridgehead atoms. The standard InChI is InChI=1S/C18H23F6NO2/c1-3-11(10-16(2,25)15(26)27)6-4-7-12-13(17(19,20)21)8-5-9-14(12)18(22,23)24/h5,8-9,11H,3-4,6-7,10,25H2,1-2H3,(H,26,27). The van der Waals surface area contributed by atoms with Crippen LogP contribution in [0, 0.1) is 5.92 Å². The van der Waals surface area contributed by atoms with Crippen molar-refractivity contribution >= 4 is 5.97 Å². The van der Waals surface area contributed by atoms with Crippen LogP contribution in [0.1, 0.15) is 56.2 Å². The van der Waals surface area contributed by atoms with Crippen LogP contribution < -0.4 is 5.73 Å². The number of alkyl halides is 6. The van der Waals surface area contributed by atoms with Crippen LogP contribution in [0.3, 0.4) is 0 Å². The molecule has 1 aromatic carbocycles. The summed E-state index contributed by atoms with van der Waals surface area (Å²) in [6.07, 6.45) is -9.24. The van der Waals surface area contributed by atoms with E-state index in [-0.39, 0.29) is 25.2 Å². The van der Waals surface area contributed by atoms with Crippen LogP contribution in [0.15, 0.2) is 18.2 Å². The highest BCUT2D eigenvalue weighted by Gasteiger charge is 2.40. The van der Waals surface area contributed by atoms with Gasteiger partial charge in [-0.1, -0.05) is 25.8 Å². The molecule has 0 aromatic heterocycles. The SMILES string of the molecule is CCC(CCCc1c(C(F)(F)F)cccc1C(F)(F)F)CC(C)(N)C(=O)O. The normalized spacial score (nSPS) is 16.0. The van der Waals surface area contributed by atoms with E-state index in [0.29, 0.717) is 18.6 Å². The van der Waals surface area contributed by atoms with Crippen LogP contribution in [0.5, 0.6) is 0 Å². The van der Waals surface area contributed by atoms with Crippen molar-refractivity contribution in [3.05, 3.63) is 34.9 Å². The highest BCUT2D eigenvalue weighted by Crippen LogP contribution is 2.40. The molecule has 0 fully saturated rings. The van der Waals surface area contributed by atoms with Gasteiger partial charge in [0, 0.05) is 0 Å². The number of benzene rings is 1. The minimum atomic E-state index is -4.89. The van der Waals surface area contributed by atoms with E-state index < -0.39 is 47.0 Å². The quantitative estimate of drug-likeness (QED) is 0.586. The zero-order valence-corrected chi connectivity index (χ0v) is 15.0. The Morgan fingerprint density at radius 2 is 1.59 bits per heavy atom. The van der Waals surface area contributed by atoms with E-state index in [9.17, 15) is 31.1 Å². The van der Waals surface area contributed by atoms with Crippen LogP contribution in [0.4, 0.5) is 26.3 Å². The predicted octanol–water partition coefficient (Wildman–Crippen LogP) is 5.27. The summed E-state index contributed by atoms with van der Waals surface area (Å²) in [5.74, 6) is -1.42. The van der Waals surface area contributed by atoms with Crippen molar-refractivity contribution in [2.75, 3.05) is 0 Å². The fourth-order valence-corrected chi connectivity index (χ4v) is 3.09. The summed E-state index contributed by atoms with van der Waals surface area (Å²) in [6, 6.07) is 2.03. The van der Waals surface area contributed by atoms with Crippen LogP contribution in [-0.2, 0) is 23.6 Å².